The number of thiophene rings is 1. The largest absolute Gasteiger partial charge is 0.416 e. The molecule has 19 heavy (non-hydrogen) atoms. The van der Waals surface area contributed by atoms with E-state index in [0.29, 0.717) is 4.88 Å². The lowest BCUT2D eigenvalue weighted by Crippen LogP contribution is -2.26. The van der Waals surface area contributed by atoms with Gasteiger partial charge in [0.15, 0.2) is 0 Å². The monoisotopic (exact) mass is 286 g/mol. The molecule has 1 N–H and O–H groups in total. The second-order valence-electron chi connectivity index (χ2n) is 4.55. The number of aryl methyl sites for hydroxylation is 1. The van der Waals surface area contributed by atoms with E-state index in [1.165, 1.54) is 36.5 Å². The molecule has 1 nitrogen and oxygen atoms in total. The van der Waals surface area contributed by atoms with E-state index in [9.17, 15) is 18.3 Å². The second kappa shape index (κ2) is 4.65. The summed E-state index contributed by atoms with van der Waals surface area (Å²) in [6, 6.07) is 6.92. The first-order chi connectivity index (χ1) is 8.74. The van der Waals surface area contributed by atoms with Crippen LogP contribution in [0.5, 0.6) is 0 Å². The van der Waals surface area contributed by atoms with E-state index in [1.807, 2.05) is 0 Å². The molecule has 5 heteroatoms. The van der Waals surface area contributed by atoms with Crippen LogP contribution in [0.4, 0.5) is 13.2 Å². The number of halogens is 3. The van der Waals surface area contributed by atoms with Crippen molar-refractivity contribution in [2.24, 2.45) is 0 Å². The summed E-state index contributed by atoms with van der Waals surface area (Å²) < 4.78 is 39.0. The molecule has 0 aliphatic heterocycles. The minimum Gasteiger partial charge on any atom is -0.380 e. The summed E-state index contributed by atoms with van der Waals surface area (Å²) >= 11 is 1.25. The minimum atomic E-state index is -4.48. The molecule has 0 bridgehead atoms. The molecular weight excluding hydrogens is 273 g/mol. The fourth-order valence-corrected chi connectivity index (χ4v) is 3.15. The van der Waals surface area contributed by atoms with Gasteiger partial charge in [-0.15, -0.1) is 11.3 Å². The zero-order chi connectivity index (χ0) is 14.3. The summed E-state index contributed by atoms with van der Waals surface area (Å²) in [5, 5.41) is 12.3. The number of aliphatic hydroxyl groups is 1. The third kappa shape index (κ3) is 2.53. The first kappa shape index (κ1) is 14.1. The Kier molecular flexibility index (Phi) is 3.45. The maximum atomic E-state index is 13.0. The van der Waals surface area contributed by atoms with Crippen LogP contribution in [-0.4, -0.2) is 5.11 Å². The molecule has 1 heterocycles. The fourth-order valence-electron chi connectivity index (χ4n) is 2.15. The second-order valence-corrected chi connectivity index (χ2v) is 5.46. The Morgan fingerprint density at radius 2 is 1.63 bits per heavy atom. The van der Waals surface area contributed by atoms with Gasteiger partial charge in [-0.1, -0.05) is 18.2 Å². The Balaban J connectivity index is 2.62. The van der Waals surface area contributed by atoms with Crippen molar-refractivity contribution in [2.45, 2.75) is 25.6 Å². The molecule has 0 aliphatic carbocycles. The Bertz CT molecular complexity index is 584. The van der Waals surface area contributed by atoms with Crippen molar-refractivity contribution < 1.29 is 18.3 Å². The summed E-state index contributed by atoms with van der Waals surface area (Å²) in [6.45, 7) is 3.17. The molecule has 0 spiro atoms. The highest BCUT2D eigenvalue weighted by Gasteiger charge is 2.40. The van der Waals surface area contributed by atoms with E-state index >= 15 is 0 Å². The molecule has 0 aliphatic rings. The Labute approximate surface area is 113 Å². The van der Waals surface area contributed by atoms with Crippen LogP contribution in [0.3, 0.4) is 0 Å². The topological polar surface area (TPSA) is 20.2 Å². The average molecular weight is 286 g/mol. The third-order valence-electron chi connectivity index (χ3n) is 3.06. The predicted octanol–water partition coefficient (Wildman–Crippen LogP) is 4.33. The zero-order valence-corrected chi connectivity index (χ0v) is 11.3. The van der Waals surface area contributed by atoms with Gasteiger partial charge in [-0.25, -0.2) is 0 Å². The van der Waals surface area contributed by atoms with Crippen LogP contribution >= 0.6 is 11.3 Å². The fraction of sp³-hybridized carbons (Fsp3) is 0.286. The first-order valence-electron chi connectivity index (χ1n) is 5.68. The highest BCUT2D eigenvalue weighted by atomic mass is 32.1. The van der Waals surface area contributed by atoms with Gasteiger partial charge in [-0.3, -0.25) is 0 Å². The van der Waals surface area contributed by atoms with Crippen molar-refractivity contribution in [1.82, 2.24) is 0 Å². The quantitative estimate of drug-likeness (QED) is 0.871. The molecule has 102 valence electrons. The molecule has 0 saturated heterocycles. The molecule has 2 rings (SSSR count). The summed E-state index contributed by atoms with van der Waals surface area (Å²) in [7, 11) is 0. The summed E-state index contributed by atoms with van der Waals surface area (Å²) in [5.41, 5.74) is -1.78. The molecular formula is C14H13F3OS. The smallest absolute Gasteiger partial charge is 0.380 e. The van der Waals surface area contributed by atoms with Gasteiger partial charge in [0.2, 0.25) is 0 Å². The average Bonchev–Trinajstić information content (AvgIpc) is 2.75. The molecule has 1 aromatic heterocycles. The van der Waals surface area contributed by atoms with E-state index < -0.39 is 17.3 Å². The summed E-state index contributed by atoms with van der Waals surface area (Å²) in [6.07, 6.45) is -4.48. The Hall–Kier alpha value is -1.33. The molecule has 0 saturated carbocycles. The van der Waals surface area contributed by atoms with Gasteiger partial charge in [0.1, 0.15) is 5.60 Å². The van der Waals surface area contributed by atoms with Crippen molar-refractivity contribution in [3.63, 3.8) is 0 Å². The number of alkyl halides is 3. The molecule has 0 amide bonds. The van der Waals surface area contributed by atoms with Crippen LogP contribution < -0.4 is 0 Å². The maximum absolute atomic E-state index is 13.0. The maximum Gasteiger partial charge on any atom is 0.416 e. The molecule has 0 radical (unpaired) electrons. The predicted molar refractivity (Wildman–Crippen MR) is 69.2 cm³/mol. The van der Waals surface area contributed by atoms with Gasteiger partial charge < -0.3 is 5.11 Å². The van der Waals surface area contributed by atoms with E-state index in [4.69, 9.17) is 0 Å². The normalized spacial score (nSPS) is 15.3. The van der Waals surface area contributed by atoms with Crippen molar-refractivity contribution in [1.29, 1.82) is 0 Å². The molecule has 1 aromatic carbocycles. The Morgan fingerprint density at radius 3 is 2.11 bits per heavy atom. The van der Waals surface area contributed by atoms with E-state index in [-0.39, 0.29) is 5.56 Å². The molecule has 1 atom stereocenters. The van der Waals surface area contributed by atoms with Gasteiger partial charge in [-0.05, 0) is 36.9 Å². The van der Waals surface area contributed by atoms with Gasteiger partial charge in [0, 0.05) is 10.4 Å². The van der Waals surface area contributed by atoms with Crippen LogP contribution in [0, 0.1) is 6.92 Å². The SMILES string of the molecule is Cc1ccsc1C(C)(O)c1ccccc1C(F)(F)F. The third-order valence-corrected chi connectivity index (χ3v) is 4.29. The number of hydrogen-bond donors (Lipinski definition) is 1. The van der Waals surface area contributed by atoms with Gasteiger partial charge in [0.25, 0.3) is 0 Å². The van der Waals surface area contributed by atoms with E-state index in [1.54, 1.807) is 18.4 Å². The highest BCUT2D eigenvalue weighted by molar-refractivity contribution is 7.10. The van der Waals surface area contributed by atoms with Gasteiger partial charge in [-0.2, -0.15) is 13.2 Å². The Morgan fingerprint density at radius 1 is 1.05 bits per heavy atom. The van der Waals surface area contributed by atoms with Gasteiger partial charge in [0.05, 0.1) is 5.56 Å². The zero-order valence-electron chi connectivity index (χ0n) is 10.5. The standard InChI is InChI=1S/C14H13F3OS/c1-9-7-8-19-12(9)13(2,18)10-5-3-4-6-11(10)14(15,16)17/h3-8,18H,1-2H3. The summed E-state index contributed by atoms with van der Waals surface area (Å²) in [4.78, 5) is 0.532. The van der Waals surface area contributed by atoms with Crippen LogP contribution in [0.15, 0.2) is 35.7 Å². The number of hydrogen-bond acceptors (Lipinski definition) is 2. The van der Waals surface area contributed by atoms with Crippen molar-refractivity contribution >= 4 is 11.3 Å². The number of rotatable bonds is 2. The van der Waals surface area contributed by atoms with Crippen LogP contribution in [0.1, 0.15) is 28.5 Å². The van der Waals surface area contributed by atoms with Crippen LogP contribution in [0.2, 0.25) is 0 Å². The van der Waals surface area contributed by atoms with Crippen molar-refractivity contribution in [2.75, 3.05) is 0 Å². The summed E-state index contributed by atoms with van der Waals surface area (Å²) in [5.74, 6) is 0. The minimum absolute atomic E-state index is 0.118. The van der Waals surface area contributed by atoms with Crippen LogP contribution in [-0.2, 0) is 11.8 Å². The lowest BCUT2D eigenvalue weighted by Gasteiger charge is -2.27. The molecule has 0 fully saturated rings. The molecule has 1 unspecified atom stereocenters. The van der Waals surface area contributed by atoms with E-state index in [0.717, 1.165) is 11.6 Å². The molecule has 2 aromatic rings. The van der Waals surface area contributed by atoms with Crippen LogP contribution in [0.25, 0.3) is 0 Å². The van der Waals surface area contributed by atoms with E-state index in [2.05, 4.69) is 0 Å². The van der Waals surface area contributed by atoms with Gasteiger partial charge >= 0.3 is 6.18 Å². The number of benzene rings is 1. The highest BCUT2D eigenvalue weighted by Crippen LogP contribution is 2.41. The first-order valence-corrected chi connectivity index (χ1v) is 6.56. The van der Waals surface area contributed by atoms with Crippen molar-refractivity contribution in [3.8, 4) is 0 Å². The van der Waals surface area contributed by atoms with Crippen molar-refractivity contribution in [3.05, 3.63) is 57.3 Å². The lowest BCUT2D eigenvalue weighted by atomic mass is 9.88. The lowest BCUT2D eigenvalue weighted by molar-refractivity contribution is -0.139.